The second-order valence-corrected chi connectivity index (χ2v) is 3.13. The van der Waals surface area contributed by atoms with Gasteiger partial charge in [0.2, 0.25) is 0 Å². The smallest absolute Gasteiger partial charge is 0.160 e. The molecular weight excluding hydrogens is 144 g/mol. The molecule has 10 heavy (non-hydrogen) atoms. The van der Waals surface area contributed by atoms with Crippen molar-refractivity contribution in [3.8, 4) is 0 Å². The largest absolute Gasteiger partial charge is 0.297 e. The van der Waals surface area contributed by atoms with Gasteiger partial charge in [0, 0.05) is 0 Å². The molecule has 2 heteroatoms. The molecule has 54 valence electrons. The van der Waals surface area contributed by atoms with Crippen molar-refractivity contribution < 1.29 is 4.79 Å². The summed E-state index contributed by atoms with van der Waals surface area (Å²) in [5.74, 6) is 0. The molecule has 0 aliphatic heterocycles. The van der Waals surface area contributed by atoms with Gasteiger partial charge in [-0.25, -0.2) is 0 Å². The lowest BCUT2D eigenvalue weighted by molar-refractivity contribution is 0.112. The Balaban J connectivity index is 3.08. The molecule has 0 aromatic carbocycles. The van der Waals surface area contributed by atoms with E-state index in [1.807, 2.05) is 6.92 Å². The number of aryl methyl sites for hydroxylation is 1. The van der Waals surface area contributed by atoms with E-state index in [0.717, 1.165) is 23.1 Å². The maximum absolute atomic E-state index is 10.4. The maximum atomic E-state index is 10.4. The third kappa shape index (κ3) is 1.12. The fourth-order valence-electron chi connectivity index (χ4n) is 0.934. The lowest BCUT2D eigenvalue weighted by atomic mass is 10.1. The van der Waals surface area contributed by atoms with E-state index in [2.05, 4.69) is 12.3 Å². The van der Waals surface area contributed by atoms with Gasteiger partial charge in [0.1, 0.15) is 0 Å². The summed E-state index contributed by atoms with van der Waals surface area (Å²) in [6, 6.07) is 0. The summed E-state index contributed by atoms with van der Waals surface area (Å²) in [6.45, 7) is 4.10. The van der Waals surface area contributed by atoms with E-state index in [1.54, 1.807) is 0 Å². The van der Waals surface area contributed by atoms with Crippen molar-refractivity contribution in [1.82, 2.24) is 0 Å². The second-order valence-electron chi connectivity index (χ2n) is 2.22. The van der Waals surface area contributed by atoms with Crippen LogP contribution in [0.1, 0.15) is 27.7 Å². The molecule has 0 amide bonds. The Morgan fingerprint density at radius 2 is 2.40 bits per heavy atom. The topological polar surface area (TPSA) is 17.1 Å². The molecular formula is C8H10OS. The standard InChI is InChI=1S/C8H10OS/c1-3-7-5-10-8(4-9)6(7)2/h4-5H,3H2,1-2H3. The lowest BCUT2D eigenvalue weighted by Crippen LogP contribution is -1.81. The number of thiophene rings is 1. The number of rotatable bonds is 2. The average Bonchev–Trinajstić information content (AvgIpc) is 2.30. The second kappa shape index (κ2) is 2.97. The van der Waals surface area contributed by atoms with E-state index >= 15 is 0 Å². The predicted octanol–water partition coefficient (Wildman–Crippen LogP) is 2.43. The van der Waals surface area contributed by atoms with Crippen LogP contribution in [-0.4, -0.2) is 6.29 Å². The van der Waals surface area contributed by atoms with Crippen LogP contribution in [-0.2, 0) is 6.42 Å². The van der Waals surface area contributed by atoms with Crippen LogP contribution in [0.5, 0.6) is 0 Å². The third-order valence-electron chi connectivity index (χ3n) is 1.67. The number of aldehydes is 1. The Bertz CT molecular complexity index is 237. The van der Waals surface area contributed by atoms with Gasteiger partial charge in [0.05, 0.1) is 4.88 Å². The van der Waals surface area contributed by atoms with Gasteiger partial charge >= 0.3 is 0 Å². The summed E-state index contributed by atoms with van der Waals surface area (Å²) < 4.78 is 0. The van der Waals surface area contributed by atoms with Crippen molar-refractivity contribution in [2.75, 3.05) is 0 Å². The Morgan fingerprint density at radius 1 is 1.70 bits per heavy atom. The molecule has 0 bridgehead atoms. The summed E-state index contributed by atoms with van der Waals surface area (Å²) in [5, 5.41) is 2.05. The Labute approximate surface area is 64.7 Å². The van der Waals surface area contributed by atoms with Crippen LogP contribution in [0.25, 0.3) is 0 Å². The molecule has 1 rings (SSSR count). The summed E-state index contributed by atoms with van der Waals surface area (Å²) in [5.41, 5.74) is 2.45. The molecule has 0 radical (unpaired) electrons. The van der Waals surface area contributed by atoms with Crippen LogP contribution in [0.4, 0.5) is 0 Å². The van der Waals surface area contributed by atoms with Crippen LogP contribution in [0.15, 0.2) is 5.38 Å². The van der Waals surface area contributed by atoms with Crippen LogP contribution in [0, 0.1) is 6.92 Å². The summed E-state index contributed by atoms with van der Waals surface area (Å²) in [6.07, 6.45) is 1.95. The molecule has 0 saturated heterocycles. The minimum Gasteiger partial charge on any atom is -0.297 e. The van der Waals surface area contributed by atoms with Gasteiger partial charge in [-0.1, -0.05) is 6.92 Å². The zero-order valence-corrected chi connectivity index (χ0v) is 6.99. The fourth-order valence-corrected chi connectivity index (χ4v) is 1.91. The molecule has 0 aliphatic carbocycles. The predicted molar refractivity (Wildman–Crippen MR) is 43.8 cm³/mol. The first-order valence-corrected chi connectivity index (χ1v) is 4.19. The molecule has 1 aromatic heterocycles. The molecule has 0 spiro atoms. The SMILES string of the molecule is CCc1csc(C=O)c1C. The van der Waals surface area contributed by atoms with Crippen molar-refractivity contribution in [3.63, 3.8) is 0 Å². The van der Waals surface area contributed by atoms with E-state index in [4.69, 9.17) is 0 Å². The third-order valence-corrected chi connectivity index (χ3v) is 2.73. The first-order chi connectivity index (χ1) is 4.79. The van der Waals surface area contributed by atoms with Crippen molar-refractivity contribution in [2.24, 2.45) is 0 Å². The van der Waals surface area contributed by atoms with E-state index in [0.29, 0.717) is 0 Å². The summed E-state index contributed by atoms with van der Waals surface area (Å²) >= 11 is 1.53. The van der Waals surface area contributed by atoms with Gasteiger partial charge in [-0.05, 0) is 29.9 Å². The van der Waals surface area contributed by atoms with E-state index in [1.165, 1.54) is 16.9 Å². The number of carbonyl (C=O) groups excluding carboxylic acids is 1. The van der Waals surface area contributed by atoms with Crippen molar-refractivity contribution >= 4 is 17.6 Å². The van der Waals surface area contributed by atoms with Crippen LogP contribution in [0.2, 0.25) is 0 Å². The van der Waals surface area contributed by atoms with E-state index < -0.39 is 0 Å². The number of hydrogen-bond donors (Lipinski definition) is 0. The maximum Gasteiger partial charge on any atom is 0.160 e. The molecule has 1 nitrogen and oxygen atoms in total. The van der Waals surface area contributed by atoms with Crippen molar-refractivity contribution in [2.45, 2.75) is 20.3 Å². The molecule has 0 saturated carbocycles. The van der Waals surface area contributed by atoms with Gasteiger partial charge in [-0.3, -0.25) is 4.79 Å². The average molecular weight is 154 g/mol. The van der Waals surface area contributed by atoms with Crippen molar-refractivity contribution in [3.05, 3.63) is 21.4 Å². The highest BCUT2D eigenvalue weighted by atomic mass is 32.1. The molecule has 1 aromatic rings. The molecule has 0 atom stereocenters. The zero-order valence-electron chi connectivity index (χ0n) is 6.18. The highest BCUT2D eigenvalue weighted by Crippen LogP contribution is 2.19. The molecule has 0 aliphatic rings. The number of hydrogen-bond acceptors (Lipinski definition) is 2. The van der Waals surface area contributed by atoms with Crippen LogP contribution in [0.3, 0.4) is 0 Å². The quantitative estimate of drug-likeness (QED) is 0.598. The van der Waals surface area contributed by atoms with Gasteiger partial charge < -0.3 is 0 Å². The number of carbonyl (C=O) groups is 1. The Morgan fingerprint density at radius 3 is 2.70 bits per heavy atom. The normalized spacial score (nSPS) is 9.80. The highest BCUT2D eigenvalue weighted by Gasteiger charge is 2.02. The lowest BCUT2D eigenvalue weighted by Gasteiger charge is -1.91. The Kier molecular flexibility index (Phi) is 2.22. The fraction of sp³-hybridized carbons (Fsp3) is 0.375. The van der Waals surface area contributed by atoms with Crippen molar-refractivity contribution in [1.29, 1.82) is 0 Å². The Hall–Kier alpha value is -0.630. The summed E-state index contributed by atoms with van der Waals surface area (Å²) in [7, 11) is 0. The van der Waals surface area contributed by atoms with Gasteiger partial charge in [-0.2, -0.15) is 0 Å². The minimum atomic E-state index is 0.872. The highest BCUT2D eigenvalue weighted by molar-refractivity contribution is 7.12. The molecule has 0 fully saturated rings. The van der Waals surface area contributed by atoms with Gasteiger partial charge in [0.15, 0.2) is 6.29 Å². The summed E-state index contributed by atoms with van der Waals surface area (Å²) in [4.78, 5) is 11.2. The minimum absolute atomic E-state index is 0.872. The molecule has 0 unspecified atom stereocenters. The zero-order chi connectivity index (χ0) is 7.56. The first kappa shape index (κ1) is 7.48. The molecule has 0 N–H and O–H groups in total. The monoisotopic (exact) mass is 154 g/mol. The van der Waals surface area contributed by atoms with Gasteiger partial charge in [0.25, 0.3) is 0 Å². The first-order valence-electron chi connectivity index (χ1n) is 3.31. The van der Waals surface area contributed by atoms with Crippen LogP contribution < -0.4 is 0 Å². The molecule has 1 heterocycles. The van der Waals surface area contributed by atoms with Gasteiger partial charge in [-0.15, -0.1) is 11.3 Å². The van der Waals surface area contributed by atoms with Crippen LogP contribution >= 0.6 is 11.3 Å². The van der Waals surface area contributed by atoms with E-state index in [9.17, 15) is 4.79 Å². The van der Waals surface area contributed by atoms with E-state index in [-0.39, 0.29) is 0 Å².